The molecular weight excluding hydrogens is 509 g/mol. The Kier molecular flexibility index (Phi) is 7.17. The maximum absolute atomic E-state index is 13.4. The molecule has 0 aliphatic heterocycles. The second-order valence-corrected chi connectivity index (χ2v) is 10.8. The molecule has 0 aliphatic rings. The average molecular weight is 534 g/mol. The molecular formula is C22H24FN7O4S2. The second kappa shape index (κ2) is 10.1. The maximum Gasteiger partial charge on any atom is 0.243 e. The highest BCUT2D eigenvalue weighted by Gasteiger charge is 2.32. The SMILES string of the molecule is COc1cccc(OC)c1-n1c(NS(=O)(=O)[C@@H](C)[C@H](C)c2ncc(F)cn2)nnc1-c1nc(C)cs1. The van der Waals surface area contributed by atoms with Crippen molar-refractivity contribution in [2.45, 2.75) is 31.9 Å². The van der Waals surface area contributed by atoms with Crippen molar-refractivity contribution in [3.63, 3.8) is 0 Å². The highest BCUT2D eigenvalue weighted by atomic mass is 32.2. The lowest BCUT2D eigenvalue weighted by Gasteiger charge is -2.21. The van der Waals surface area contributed by atoms with Crippen LogP contribution in [0, 0.1) is 12.7 Å². The van der Waals surface area contributed by atoms with E-state index in [0.717, 1.165) is 18.1 Å². The van der Waals surface area contributed by atoms with Crippen molar-refractivity contribution in [2.75, 3.05) is 18.9 Å². The van der Waals surface area contributed by atoms with Gasteiger partial charge < -0.3 is 9.47 Å². The molecule has 4 rings (SSSR count). The monoisotopic (exact) mass is 533 g/mol. The van der Waals surface area contributed by atoms with E-state index in [0.29, 0.717) is 28.0 Å². The van der Waals surface area contributed by atoms with E-state index in [1.807, 2.05) is 12.3 Å². The van der Waals surface area contributed by atoms with E-state index in [-0.39, 0.29) is 11.8 Å². The Morgan fingerprint density at radius 2 is 1.72 bits per heavy atom. The van der Waals surface area contributed by atoms with E-state index >= 15 is 0 Å². The van der Waals surface area contributed by atoms with Crippen molar-refractivity contribution in [1.82, 2.24) is 29.7 Å². The molecule has 36 heavy (non-hydrogen) atoms. The number of halogens is 1. The Hall–Kier alpha value is -3.65. The number of hydrogen-bond acceptors (Lipinski definition) is 10. The van der Waals surface area contributed by atoms with Crippen LogP contribution in [0.2, 0.25) is 0 Å². The average Bonchev–Trinajstić information content (AvgIpc) is 3.48. The third-order valence-electron chi connectivity index (χ3n) is 5.57. The highest BCUT2D eigenvalue weighted by molar-refractivity contribution is 7.93. The summed E-state index contributed by atoms with van der Waals surface area (Å²) < 4.78 is 55.2. The van der Waals surface area contributed by atoms with Gasteiger partial charge in [-0.1, -0.05) is 13.0 Å². The molecule has 0 spiro atoms. The number of hydrogen-bond donors (Lipinski definition) is 1. The van der Waals surface area contributed by atoms with Gasteiger partial charge in [-0.3, -0.25) is 9.29 Å². The maximum atomic E-state index is 13.4. The van der Waals surface area contributed by atoms with E-state index in [4.69, 9.17) is 9.47 Å². The van der Waals surface area contributed by atoms with Gasteiger partial charge in [-0.05, 0) is 26.0 Å². The fourth-order valence-electron chi connectivity index (χ4n) is 3.47. The number of benzene rings is 1. The number of anilines is 1. The Morgan fingerprint density at radius 3 is 2.28 bits per heavy atom. The van der Waals surface area contributed by atoms with E-state index < -0.39 is 27.0 Å². The summed E-state index contributed by atoms with van der Waals surface area (Å²) in [4.78, 5) is 12.3. The highest BCUT2D eigenvalue weighted by Crippen LogP contribution is 2.38. The van der Waals surface area contributed by atoms with Gasteiger partial charge in [0.05, 0.1) is 31.9 Å². The Bertz CT molecular complexity index is 1450. The Morgan fingerprint density at radius 1 is 1.08 bits per heavy atom. The molecule has 14 heteroatoms. The van der Waals surface area contributed by atoms with E-state index in [1.165, 1.54) is 37.0 Å². The fraction of sp³-hybridized carbons (Fsp3) is 0.318. The summed E-state index contributed by atoms with van der Waals surface area (Å²) in [5.41, 5.74) is 1.18. The third-order valence-corrected chi connectivity index (χ3v) is 8.38. The first-order valence-corrected chi connectivity index (χ1v) is 13.2. The van der Waals surface area contributed by atoms with Crippen LogP contribution in [0.1, 0.15) is 31.3 Å². The van der Waals surface area contributed by atoms with E-state index in [9.17, 15) is 12.8 Å². The first-order valence-electron chi connectivity index (χ1n) is 10.7. The van der Waals surface area contributed by atoms with Gasteiger partial charge in [-0.2, -0.15) is 0 Å². The second-order valence-electron chi connectivity index (χ2n) is 7.89. The van der Waals surface area contributed by atoms with Crippen LogP contribution in [0.25, 0.3) is 16.5 Å². The number of sulfonamides is 1. The van der Waals surface area contributed by atoms with Crippen LogP contribution >= 0.6 is 11.3 Å². The molecule has 0 fully saturated rings. The quantitative estimate of drug-likeness (QED) is 0.343. The van der Waals surface area contributed by atoms with Crippen LogP contribution in [0.15, 0.2) is 36.0 Å². The number of para-hydroxylation sites is 1. The predicted octanol–water partition coefficient (Wildman–Crippen LogP) is 3.58. The van der Waals surface area contributed by atoms with E-state index in [2.05, 4.69) is 29.9 Å². The summed E-state index contributed by atoms with van der Waals surface area (Å²) in [7, 11) is -1.07. The number of ether oxygens (including phenoxy) is 2. The lowest BCUT2D eigenvalue weighted by atomic mass is 10.1. The molecule has 190 valence electrons. The molecule has 0 unspecified atom stereocenters. The summed E-state index contributed by atoms with van der Waals surface area (Å²) in [6.07, 6.45) is 2.00. The predicted molar refractivity (Wildman–Crippen MR) is 133 cm³/mol. The number of thiazole rings is 1. The molecule has 0 radical (unpaired) electrons. The molecule has 0 saturated heterocycles. The molecule has 3 heterocycles. The lowest BCUT2D eigenvalue weighted by molar-refractivity contribution is 0.391. The van der Waals surface area contributed by atoms with Crippen molar-refractivity contribution in [2.24, 2.45) is 0 Å². The molecule has 11 nitrogen and oxygen atoms in total. The first-order chi connectivity index (χ1) is 17.2. The number of rotatable bonds is 9. The molecule has 1 N–H and O–H groups in total. The molecule has 4 aromatic rings. The van der Waals surface area contributed by atoms with Crippen molar-refractivity contribution < 1.29 is 22.3 Å². The molecule has 3 aromatic heterocycles. The number of nitrogens with zero attached hydrogens (tertiary/aromatic N) is 6. The smallest absolute Gasteiger partial charge is 0.243 e. The van der Waals surface area contributed by atoms with E-state index in [1.54, 1.807) is 25.1 Å². The Labute approximate surface area is 211 Å². The molecule has 1 aromatic carbocycles. The van der Waals surface area contributed by atoms with Gasteiger partial charge in [0.15, 0.2) is 16.6 Å². The van der Waals surface area contributed by atoms with Gasteiger partial charge in [-0.25, -0.2) is 27.8 Å². The van der Waals surface area contributed by atoms with Crippen LogP contribution in [0.3, 0.4) is 0 Å². The van der Waals surface area contributed by atoms with Crippen LogP contribution in [-0.4, -0.2) is 57.6 Å². The lowest BCUT2D eigenvalue weighted by Crippen LogP contribution is -2.31. The summed E-state index contributed by atoms with van der Waals surface area (Å²) in [6.45, 7) is 5.00. The third kappa shape index (κ3) is 4.86. The fourth-order valence-corrected chi connectivity index (χ4v) is 5.47. The van der Waals surface area contributed by atoms with Crippen molar-refractivity contribution in [1.29, 1.82) is 0 Å². The normalized spacial score (nSPS) is 13.3. The van der Waals surface area contributed by atoms with Gasteiger partial charge in [0.1, 0.15) is 23.0 Å². The zero-order valence-electron chi connectivity index (χ0n) is 20.1. The van der Waals surface area contributed by atoms with Crippen LogP contribution in [-0.2, 0) is 10.0 Å². The van der Waals surface area contributed by atoms with Gasteiger partial charge in [-0.15, -0.1) is 21.5 Å². The topological polar surface area (TPSA) is 134 Å². The van der Waals surface area contributed by atoms with Gasteiger partial charge >= 0.3 is 0 Å². The molecule has 0 amide bonds. The Balaban J connectivity index is 1.81. The molecule has 0 saturated carbocycles. The molecule has 2 atom stereocenters. The zero-order chi connectivity index (χ0) is 26.0. The number of nitrogens with one attached hydrogen (secondary N) is 1. The summed E-state index contributed by atoms with van der Waals surface area (Å²) in [5, 5.41) is 9.75. The van der Waals surface area contributed by atoms with Gasteiger partial charge in [0.2, 0.25) is 16.0 Å². The number of aryl methyl sites for hydroxylation is 1. The van der Waals surface area contributed by atoms with Gasteiger partial charge in [0, 0.05) is 17.0 Å². The number of methoxy groups -OCH3 is 2. The largest absolute Gasteiger partial charge is 0.494 e. The van der Waals surface area contributed by atoms with Crippen molar-refractivity contribution in [3.8, 4) is 28.0 Å². The molecule has 0 bridgehead atoms. The number of aromatic nitrogens is 6. The summed E-state index contributed by atoms with van der Waals surface area (Å²) >= 11 is 1.34. The van der Waals surface area contributed by atoms with Crippen molar-refractivity contribution >= 4 is 27.3 Å². The first kappa shape index (κ1) is 25.4. The summed E-state index contributed by atoms with van der Waals surface area (Å²) in [6, 6.07) is 5.17. The van der Waals surface area contributed by atoms with Crippen LogP contribution in [0.5, 0.6) is 11.5 Å². The standard InChI is InChI=1S/C22H24FN7O4S2/c1-12-11-35-21(26-12)20-27-28-22(30(20)18-16(33-4)7-6-8-17(18)34-5)29-36(31,32)14(3)13(2)19-24-9-15(23)10-25-19/h6-11,13-14H,1-5H3,(H,28,29)/t13-,14-/m0/s1. The minimum absolute atomic E-state index is 0.0836. The van der Waals surface area contributed by atoms with Crippen LogP contribution < -0.4 is 14.2 Å². The molecule has 0 aliphatic carbocycles. The zero-order valence-corrected chi connectivity index (χ0v) is 21.8. The minimum atomic E-state index is -4.05. The van der Waals surface area contributed by atoms with Crippen molar-refractivity contribution in [3.05, 3.63) is 53.3 Å². The summed E-state index contributed by atoms with van der Waals surface area (Å²) in [5.74, 6) is -0.0303. The van der Waals surface area contributed by atoms with Crippen LogP contribution in [0.4, 0.5) is 10.3 Å². The van der Waals surface area contributed by atoms with Gasteiger partial charge in [0.25, 0.3) is 0 Å². The minimum Gasteiger partial charge on any atom is -0.494 e.